The molecule has 2 aliphatic rings. The second-order valence-electron chi connectivity index (χ2n) is 6.90. The molecule has 5 nitrogen and oxygen atoms in total. The molecule has 2 atom stereocenters. The summed E-state index contributed by atoms with van der Waals surface area (Å²) < 4.78 is 0. The number of nitrogens with one attached hydrogen (secondary N) is 2. The highest BCUT2D eigenvalue weighted by Crippen LogP contribution is 2.33. The van der Waals surface area contributed by atoms with Crippen LogP contribution in [0, 0.1) is 0 Å². The summed E-state index contributed by atoms with van der Waals surface area (Å²) in [6.45, 7) is 3.43. The van der Waals surface area contributed by atoms with Gasteiger partial charge in [0.1, 0.15) is 0 Å². The van der Waals surface area contributed by atoms with Crippen LogP contribution in [0.5, 0.6) is 0 Å². The maximum atomic E-state index is 12.2. The number of carbonyl (C=O) groups is 2. The number of nitrogens with zero attached hydrogens (tertiary/aromatic N) is 1. The number of amides is 3. The molecule has 0 spiro atoms. The Morgan fingerprint density at radius 3 is 2.62 bits per heavy atom. The molecule has 24 heavy (non-hydrogen) atoms. The number of carbonyl (C=O) groups excluding carboxylic acids is 2. The molecule has 2 N–H and O–H groups in total. The molecular formula is C19H27N3O2. The molecule has 5 heteroatoms. The molecule has 1 aliphatic heterocycles. The molecule has 1 heterocycles. The van der Waals surface area contributed by atoms with Gasteiger partial charge in [-0.3, -0.25) is 15.0 Å². The van der Waals surface area contributed by atoms with E-state index >= 15 is 0 Å². The Hall–Kier alpha value is -1.88. The van der Waals surface area contributed by atoms with Gasteiger partial charge in [0.25, 0.3) is 0 Å². The first-order chi connectivity index (χ1) is 11.7. The Balaban J connectivity index is 1.57. The number of rotatable bonds is 6. The smallest absolute Gasteiger partial charge is 0.321 e. The van der Waals surface area contributed by atoms with Gasteiger partial charge >= 0.3 is 6.03 Å². The van der Waals surface area contributed by atoms with Crippen molar-refractivity contribution >= 4 is 11.9 Å². The Morgan fingerprint density at radius 2 is 1.96 bits per heavy atom. The van der Waals surface area contributed by atoms with E-state index in [-0.39, 0.29) is 18.0 Å². The number of hydrogen-bond acceptors (Lipinski definition) is 3. The number of likely N-dealkylation sites (tertiary alicyclic amines) is 1. The van der Waals surface area contributed by atoms with Gasteiger partial charge < -0.3 is 5.32 Å². The Morgan fingerprint density at radius 1 is 1.21 bits per heavy atom. The number of benzene rings is 1. The maximum absolute atomic E-state index is 12.2. The van der Waals surface area contributed by atoms with Crippen LogP contribution in [0.1, 0.15) is 50.5 Å². The molecule has 2 fully saturated rings. The molecule has 0 radical (unpaired) electrons. The normalized spacial score (nSPS) is 22.1. The van der Waals surface area contributed by atoms with Crippen LogP contribution in [0.4, 0.5) is 4.79 Å². The lowest BCUT2D eigenvalue weighted by atomic mass is 9.87. The minimum Gasteiger partial charge on any atom is -0.335 e. The first kappa shape index (κ1) is 17.0. The highest BCUT2D eigenvalue weighted by atomic mass is 16.2. The first-order valence-corrected chi connectivity index (χ1v) is 9.06. The van der Waals surface area contributed by atoms with Crippen molar-refractivity contribution in [3.05, 3.63) is 35.9 Å². The second kappa shape index (κ2) is 7.79. The fourth-order valence-corrected chi connectivity index (χ4v) is 3.73. The van der Waals surface area contributed by atoms with E-state index in [1.807, 2.05) is 6.07 Å². The molecule has 1 aliphatic carbocycles. The van der Waals surface area contributed by atoms with E-state index in [4.69, 9.17) is 0 Å². The molecule has 130 valence electrons. The van der Waals surface area contributed by atoms with Gasteiger partial charge in [0, 0.05) is 12.1 Å². The zero-order valence-electron chi connectivity index (χ0n) is 14.3. The molecule has 0 aromatic heterocycles. The van der Waals surface area contributed by atoms with Crippen molar-refractivity contribution in [2.75, 3.05) is 13.1 Å². The van der Waals surface area contributed by atoms with Gasteiger partial charge in [-0.25, -0.2) is 4.79 Å². The monoisotopic (exact) mass is 329 g/mol. The van der Waals surface area contributed by atoms with E-state index in [2.05, 4.69) is 46.7 Å². The summed E-state index contributed by atoms with van der Waals surface area (Å²) in [5.74, 6) is 0.227. The summed E-state index contributed by atoms with van der Waals surface area (Å²) in [7, 11) is 0. The topological polar surface area (TPSA) is 61.4 Å². The average Bonchev–Trinajstić information content (AvgIpc) is 3.27. The van der Waals surface area contributed by atoms with Crippen LogP contribution in [-0.2, 0) is 4.79 Å². The molecule has 3 amide bonds. The van der Waals surface area contributed by atoms with Crippen LogP contribution in [-0.4, -0.2) is 42.0 Å². The van der Waals surface area contributed by atoms with Crippen LogP contribution in [0.25, 0.3) is 0 Å². The Labute approximate surface area is 143 Å². The first-order valence-electron chi connectivity index (χ1n) is 9.06. The molecule has 0 unspecified atom stereocenters. The predicted octanol–water partition coefficient (Wildman–Crippen LogP) is 2.63. The van der Waals surface area contributed by atoms with E-state index in [0.717, 1.165) is 38.6 Å². The van der Waals surface area contributed by atoms with E-state index in [1.54, 1.807) is 0 Å². The van der Waals surface area contributed by atoms with E-state index in [0.29, 0.717) is 18.5 Å². The fourth-order valence-electron chi connectivity index (χ4n) is 3.73. The Bertz CT molecular complexity index is 571. The molecule has 3 rings (SSSR count). The third-order valence-electron chi connectivity index (χ3n) is 5.06. The van der Waals surface area contributed by atoms with Gasteiger partial charge in [-0.1, -0.05) is 37.3 Å². The van der Waals surface area contributed by atoms with E-state index < -0.39 is 0 Å². The van der Waals surface area contributed by atoms with Crippen molar-refractivity contribution in [1.29, 1.82) is 0 Å². The zero-order valence-corrected chi connectivity index (χ0v) is 14.3. The standard InChI is InChI=1S/C19H27N3O2/c1-2-16(14-7-4-3-5-8-14)17-9-6-12-22(17)13-18(23)21-19(24)20-15-10-11-15/h3-5,7-8,15-17H,2,6,9-13H2,1H3,(H2,20,21,23,24)/t16-,17-/m1/s1. The quantitative estimate of drug-likeness (QED) is 0.843. The Kier molecular flexibility index (Phi) is 5.51. The second-order valence-corrected chi connectivity index (χ2v) is 6.90. The number of hydrogen-bond donors (Lipinski definition) is 2. The highest BCUT2D eigenvalue weighted by molar-refractivity contribution is 5.95. The zero-order chi connectivity index (χ0) is 16.9. The lowest BCUT2D eigenvalue weighted by molar-refractivity contribution is -0.121. The summed E-state index contributed by atoms with van der Waals surface area (Å²) in [4.78, 5) is 26.1. The van der Waals surface area contributed by atoms with Crippen molar-refractivity contribution in [3.63, 3.8) is 0 Å². The summed E-state index contributed by atoms with van der Waals surface area (Å²) >= 11 is 0. The van der Waals surface area contributed by atoms with Gasteiger partial charge in [-0.15, -0.1) is 0 Å². The van der Waals surface area contributed by atoms with Crippen LogP contribution in [0.3, 0.4) is 0 Å². The maximum Gasteiger partial charge on any atom is 0.321 e. The number of imide groups is 1. The average molecular weight is 329 g/mol. The van der Waals surface area contributed by atoms with Gasteiger partial charge in [-0.2, -0.15) is 0 Å². The van der Waals surface area contributed by atoms with Crippen LogP contribution >= 0.6 is 0 Å². The molecule has 1 aromatic carbocycles. The molecule has 1 saturated heterocycles. The van der Waals surface area contributed by atoms with Crippen LogP contribution in [0.15, 0.2) is 30.3 Å². The number of urea groups is 1. The third-order valence-corrected chi connectivity index (χ3v) is 5.06. The van der Waals surface area contributed by atoms with Gasteiger partial charge in [0.15, 0.2) is 0 Å². The molecule has 1 saturated carbocycles. The molecule has 1 aromatic rings. The van der Waals surface area contributed by atoms with Gasteiger partial charge in [-0.05, 0) is 50.1 Å². The summed E-state index contributed by atoms with van der Waals surface area (Å²) in [6, 6.07) is 10.8. The van der Waals surface area contributed by atoms with Gasteiger partial charge in [0.2, 0.25) is 5.91 Å². The van der Waals surface area contributed by atoms with Crippen molar-refractivity contribution in [1.82, 2.24) is 15.5 Å². The van der Waals surface area contributed by atoms with Crippen molar-refractivity contribution < 1.29 is 9.59 Å². The predicted molar refractivity (Wildman–Crippen MR) is 93.8 cm³/mol. The summed E-state index contributed by atoms with van der Waals surface area (Å²) in [5, 5.41) is 5.26. The molecular weight excluding hydrogens is 302 g/mol. The van der Waals surface area contributed by atoms with Crippen molar-refractivity contribution in [3.8, 4) is 0 Å². The fraction of sp³-hybridized carbons (Fsp3) is 0.579. The van der Waals surface area contributed by atoms with Crippen molar-refractivity contribution in [2.45, 2.75) is 57.0 Å². The highest BCUT2D eigenvalue weighted by Gasteiger charge is 2.33. The molecule has 0 bridgehead atoms. The lowest BCUT2D eigenvalue weighted by Crippen LogP contribution is -2.47. The van der Waals surface area contributed by atoms with E-state index in [9.17, 15) is 9.59 Å². The lowest BCUT2D eigenvalue weighted by Gasteiger charge is -2.31. The third kappa shape index (κ3) is 4.35. The van der Waals surface area contributed by atoms with Crippen molar-refractivity contribution in [2.24, 2.45) is 0 Å². The summed E-state index contributed by atoms with van der Waals surface area (Å²) in [6.07, 6.45) is 5.30. The van der Waals surface area contributed by atoms with Crippen LogP contribution < -0.4 is 10.6 Å². The largest absolute Gasteiger partial charge is 0.335 e. The minimum absolute atomic E-state index is 0.206. The SMILES string of the molecule is CC[C@H](c1ccccc1)[C@H]1CCCN1CC(=O)NC(=O)NC1CC1. The van der Waals surface area contributed by atoms with E-state index in [1.165, 1.54) is 5.56 Å². The van der Waals surface area contributed by atoms with Gasteiger partial charge in [0.05, 0.1) is 6.54 Å². The minimum atomic E-state index is -0.353. The summed E-state index contributed by atoms with van der Waals surface area (Å²) in [5.41, 5.74) is 1.34. The van der Waals surface area contributed by atoms with Crippen LogP contribution in [0.2, 0.25) is 0 Å².